The molecule has 3 unspecified atom stereocenters. The van der Waals surface area contributed by atoms with Gasteiger partial charge in [-0.05, 0) is 43.7 Å². The maximum Gasteiger partial charge on any atom is 0.245 e. The van der Waals surface area contributed by atoms with Gasteiger partial charge in [-0.1, -0.05) is 44.2 Å². The van der Waals surface area contributed by atoms with Gasteiger partial charge in [0.25, 0.3) is 0 Å². The van der Waals surface area contributed by atoms with Gasteiger partial charge in [-0.15, -0.1) is 12.4 Å². The molecule has 6 heteroatoms. The predicted octanol–water partition coefficient (Wildman–Crippen LogP) is 4.75. The second kappa shape index (κ2) is 9.16. The zero-order valence-electron chi connectivity index (χ0n) is 17.6. The second-order valence-corrected chi connectivity index (χ2v) is 8.15. The molecular formula is C23H32ClN3O2. The molecule has 1 saturated carbocycles. The summed E-state index contributed by atoms with van der Waals surface area (Å²) in [5, 5.41) is 6.44. The summed E-state index contributed by atoms with van der Waals surface area (Å²) in [5.41, 5.74) is 8.08. The van der Waals surface area contributed by atoms with Gasteiger partial charge in [-0.3, -0.25) is 4.79 Å². The molecule has 158 valence electrons. The lowest BCUT2D eigenvalue weighted by Crippen LogP contribution is -2.74. The Morgan fingerprint density at radius 1 is 1.14 bits per heavy atom. The first-order valence-electron chi connectivity index (χ1n) is 9.91. The Hall–Kier alpha value is -2.08. The van der Waals surface area contributed by atoms with Crippen LogP contribution < -0.4 is 16.4 Å². The highest BCUT2D eigenvalue weighted by molar-refractivity contribution is 5.99. The van der Waals surface area contributed by atoms with Gasteiger partial charge >= 0.3 is 0 Å². The van der Waals surface area contributed by atoms with Crippen LogP contribution in [0.25, 0.3) is 0 Å². The highest BCUT2D eigenvalue weighted by Gasteiger charge is 2.62. The third-order valence-electron chi connectivity index (χ3n) is 6.06. The minimum atomic E-state index is -0.925. The van der Waals surface area contributed by atoms with Crippen LogP contribution in [0.3, 0.4) is 0 Å². The van der Waals surface area contributed by atoms with E-state index in [1.165, 1.54) is 5.56 Å². The van der Waals surface area contributed by atoms with Gasteiger partial charge in [0.15, 0.2) is 0 Å². The van der Waals surface area contributed by atoms with Crippen molar-refractivity contribution in [3.8, 4) is 0 Å². The summed E-state index contributed by atoms with van der Waals surface area (Å²) < 4.78 is 5.71. The molecule has 1 fully saturated rings. The normalized spacial score (nSPS) is 23.3. The van der Waals surface area contributed by atoms with Crippen LogP contribution in [0.5, 0.6) is 0 Å². The summed E-state index contributed by atoms with van der Waals surface area (Å²) in [6, 6.07) is 18.2. The van der Waals surface area contributed by atoms with Crippen LogP contribution in [0.2, 0.25) is 0 Å². The number of amides is 1. The number of rotatable bonds is 7. The van der Waals surface area contributed by atoms with Crippen LogP contribution in [0.4, 0.5) is 11.4 Å². The average molecular weight is 418 g/mol. The Kier molecular flexibility index (Phi) is 7.33. The van der Waals surface area contributed by atoms with E-state index in [1.807, 2.05) is 63.2 Å². The van der Waals surface area contributed by atoms with Crippen molar-refractivity contribution in [1.29, 1.82) is 0 Å². The van der Waals surface area contributed by atoms with Crippen molar-refractivity contribution < 1.29 is 9.53 Å². The fourth-order valence-corrected chi connectivity index (χ4v) is 3.79. The van der Waals surface area contributed by atoms with Gasteiger partial charge in [0.1, 0.15) is 5.54 Å². The Balaban J connectivity index is 0.00000300. The smallest absolute Gasteiger partial charge is 0.245 e. The monoisotopic (exact) mass is 417 g/mol. The van der Waals surface area contributed by atoms with Crippen LogP contribution in [0.1, 0.15) is 45.7 Å². The summed E-state index contributed by atoms with van der Waals surface area (Å²) in [4.78, 5) is 12.8. The highest BCUT2D eigenvalue weighted by Crippen LogP contribution is 2.50. The first kappa shape index (κ1) is 23.2. The quantitative estimate of drug-likeness (QED) is 0.607. The fraction of sp³-hybridized carbons (Fsp3) is 0.435. The third kappa shape index (κ3) is 4.58. The van der Waals surface area contributed by atoms with Gasteiger partial charge in [-0.25, -0.2) is 0 Å². The molecule has 0 saturated heterocycles. The summed E-state index contributed by atoms with van der Waals surface area (Å²) in [6.07, 6.45) is 0.549. The Bertz CT molecular complexity index is 811. The van der Waals surface area contributed by atoms with E-state index >= 15 is 0 Å². The zero-order chi connectivity index (χ0) is 20.4. The number of benzene rings is 2. The molecule has 1 aliphatic rings. The molecule has 0 heterocycles. The van der Waals surface area contributed by atoms with Gasteiger partial charge in [0.2, 0.25) is 5.91 Å². The first-order chi connectivity index (χ1) is 13.3. The lowest BCUT2D eigenvalue weighted by Gasteiger charge is -2.57. The lowest BCUT2D eigenvalue weighted by atomic mass is 9.54. The van der Waals surface area contributed by atoms with Crippen LogP contribution >= 0.6 is 12.4 Å². The van der Waals surface area contributed by atoms with Crippen molar-refractivity contribution in [3.05, 3.63) is 60.2 Å². The summed E-state index contributed by atoms with van der Waals surface area (Å²) in [7, 11) is 0. The molecule has 4 N–H and O–H groups in total. The van der Waals surface area contributed by atoms with Crippen molar-refractivity contribution in [2.24, 2.45) is 11.1 Å². The molecular weight excluding hydrogens is 386 g/mol. The number of carbonyl (C=O) groups excluding carboxylic acids is 1. The number of ether oxygens (including phenoxy) is 1. The molecule has 3 atom stereocenters. The molecule has 2 aromatic rings. The van der Waals surface area contributed by atoms with Crippen molar-refractivity contribution in [3.63, 3.8) is 0 Å². The molecule has 0 radical (unpaired) electrons. The van der Waals surface area contributed by atoms with Crippen LogP contribution in [0, 0.1) is 5.41 Å². The standard InChI is InChI=1S/C23H31N3O2.ClH/c1-5-28-20-15-23(24,22(20,3)4)21(27)26-19-13-11-18(12-14-19)25-16(2)17-9-7-6-8-10-17;/h6-14,16,20,25H,5,15,24H2,1-4H3,(H,26,27);1H. The SMILES string of the molecule is CCOC1CC(N)(C(=O)Nc2ccc(NC(C)c3ccccc3)cc2)C1(C)C.Cl. The first-order valence-corrected chi connectivity index (χ1v) is 9.91. The maximum absolute atomic E-state index is 12.8. The van der Waals surface area contributed by atoms with Crippen molar-refractivity contribution in [1.82, 2.24) is 0 Å². The van der Waals surface area contributed by atoms with Crippen LogP contribution in [-0.2, 0) is 9.53 Å². The molecule has 3 rings (SSSR count). The van der Waals surface area contributed by atoms with E-state index in [0.29, 0.717) is 13.0 Å². The van der Waals surface area contributed by atoms with E-state index in [1.54, 1.807) is 0 Å². The topological polar surface area (TPSA) is 76.4 Å². The Labute approximate surface area is 179 Å². The van der Waals surface area contributed by atoms with Gasteiger partial charge in [0, 0.05) is 35.9 Å². The predicted molar refractivity (Wildman–Crippen MR) is 122 cm³/mol. The largest absolute Gasteiger partial charge is 0.379 e. The summed E-state index contributed by atoms with van der Waals surface area (Å²) in [5.74, 6) is -0.160. The highest BCUT2D eigenvalue weighted by atomic mass is 35.5. The number of hydrogen-bond acceptors (Lipinski definition) is 4. The van der Waals surface area contributed by atoms with Crippen molar-refractivity contribution in [2.75, 3.05) is 17.2 Å². The molecule has 0 bridgehead atoms. The molecule has 0 aliphatic heterocycles. The zero-order valence-corrected chi connectivity index (χ0v) is 18.4. The van der Waals surface area contributed by atoms with E-state index in [-0.39, 0.29) is 30.5 Å². The Morgan fingerprint density at radius 2 is 1.72 bits per heavy atom. The van der Waals surface area contributed by atoms with E-state index in [9.17, 15) is 4.79 Å². The van der Waals surface area contributed by atoms with Crippen molar-refractivity contribution >= 4 is 29.7 Å². The maximum atomic E-state index is 12.8. The molecule has 1 aliphatic carbocycles. The molecule has 1 amide bonds. The minimum Gasteiger partial charge on any atom is -0.379 e. The molecule has 29 heavy (non-hydrogen) atoms. The van der Waals surface area contributed by atoms with E-state index in [4.69, 9.17) is 10.5 Å². The molecule has 5 nitrogen and oxygen atoms in total. The fourth-order valence-electron chi connectivity index (χ4n) is 3.79. The molecule has 0 spiro atoms. The number of nitrogens with two attached hydrogens (primary N) is 1. The van der Waals surface area contributed by atoms with Gasteiger partial charge < -0.3 is 21.1 Å². The van der Waals surface area contributed by atoms with Gasteiger partial charge in [-0.2, -0.15) is 0 Å². The molecule has 0 aromatic heterocycles. The number of halogens is 1. The van der Waals surface area contributed by atoms with Crippen molar-refractivity contribution in [2.45, 2.75) is 51.8 Å². The summed E-state index contributed by atoms with van der Waals surface area (Å²) >= 11 is 0. The van der Waals surface area contributed by atoms with Gasteiger partial charge in [0.05, 0.1) is 6.10 Å². The Morgan fingerprint density at radius 3 is 2.28 bits per heavy atom. The van der Waals surface area contributed by atoms with E-state index < -0.39 is 11.0 Å². The van der Waals surface area contributed by atoms with Crippen LogP contribution in [0.15, 0.2) is 54.6 Å². The average Bonchev–Trinajstić information content (AvgIpc) is 2.69. The van der Waals surface area contributed by atoms with E-state index in [0.717, 1.165) is 11.4 Å². The van der Waals surface area contributed by atoms with E-state index in [2.05, 4.69) is 29.7 Å². The number of nitrogens with one attached hydrogen (secondary N) is 2. The number of anilines is 2. The van der Waals surface area contributed by atoms with Crippen LogP contribution in [-0.4, -0.2) is 24.2 Å². The number of carbonyl (C=O) groups is 1. The lowest BCUT2D eigenvalue weighted by molar-refractivity contribution is -0.166. The second-order valence-electron chi connectivity index (χ2n) is 8.15. The third-order valence-corrected chi connectivity index (χ3v) is 6.06. The molecule has 2 aromatic carbocycles. The minimum absolute atomic E-state index is 0. The summed E-state index contributed by atoms with van der Waals surface area (Å²) in [6.45, 7) is 8.70. The number of hydrogen-bond donors (Lipinski definition) is 3.